The van der Waals surface area contributed by atoms with Gasteiger partial charge in [-0.05, 0) is 12.8 Å². The average Bonchev–Trinajstić information content (AvgIpc) is 2.84. The van der Waals surface area contributed by atoms with Crippen molar-refractivity contribution in [2.45, 2.75) is 51.0 Å². The Hall–Kier alpha value is -1.15. The monoisotopic (exact) mass is 292 g/mol. The second-order valence-electron chi connectivity index (χ2n) is 5.12. The molecule has 2 atom stereocenters. The molecular weight excluding hydrogens is 273 g/mol. The fourth-order valence-electron chi connectivity index (χ4n) is 2.63. The average molecular weight is 292 g/mol. The molecule has 2 unspecified atom stereocenters. The molecule has 1 aliphatic carbocycles. The van der Waals surface area contributed by atoms with E-state index in [1.54, 1.807) is 6.20 Å². The third-order valence-electron chi connectivity index (χ3n) is 3.65. The van der Waals surface area contributed by atoms with E-state index in [1.807, 2.05) is 0 Å². The van der Waals surface area contributed by atoms with Gasteiger partial charge in [0.25, 0.3) is 0 Å². The van der Waals surface area contributed by atoms with Crippen molar-refractivity contribution in [3.63, 3.8) is 0 Å². The van der Waals surface area contributed by atoms with Gasteiger partial charge in [-0.15, -0.1) is 5.10 Å². The Morgan fingerprint density at radius 1 is 1.35 bits per heavy atom. The SMILES string of the molecule is OCCn1cc(CNC2CCCCC2C(F)(F)F)nn1. The molecule has 1 aromatic heterocycles. The molecule has 8 heteroatoms. The van der Waals surface area contributed by atoms with Gasteiger partial charge in [0.15, 0.2) is 0 Å². The van der Waals surface area contributed by atoms with Crippen molar-refractivity contribution in [2.24, 2.45) is 5.92 Å². The number of halogens is 3. The van der Waals surface area contributed by atoms with E-state index < -0.39 is 18.1 Å². The summed E-state index contributed by atoms with van der Waals surface area (Å²) in [5.74, 6) is -1.27. The van der Waals surface area contributed by atoms with Crippen molar-refractivity contribution in [3.05, 3.63) is 11.9 Å². The number of nitrogens with zero attached hydrogens (tertiary/aromatic N) is 3. The summed E-state index contributed by atoms with van der Waals surface area (Å²) in [4.78, 5) is 0. The molecule has 1 saturated carbocycles. The highest BCUT2D eigenvalue weighted by atomic mass is 19.4. The molecule has 1 heterocycles. The van der Waals surface area contributed by atoms with E-state index in [1.165, 1.54) is 4.68 Å². The van der Waals surface area contributed by atoms with Crippen LogP contribution in [0.1, 0.15) is 31.4 Å². The second kappa shape index (κ2) is 6.53. The third-order valence-corrected chi connectivity index (χ3v) is 3.65. The van der Waals surface area contributed by atoms with E-state index >= 15 is 0 Å². The molecule has 5 nitrogen and oxygen atoms in total. The standard InChI is InChI=1S/C12H19F3N4O/c13-12(14,15)10-3-1-2-4-11(10)16-7-9-8-19(5-6-20)18-17-9/h8,10-11,16,20H,1-7H2. The summed E-state index contributed by atoms with van der Waals surface area (Å²) in [5.41, 5.74) is 0.588. The smallest absolute Gasteiger partial charge is 0.393 e. The number of hydrogen-bond acceptors (Lipinski definition) is 4. The van der Waals surface area contributed by atoms with E-state index in [-0.39, 0.29) is 19.6 Å². The summed E-state index contributed by atoms with van der Waals surface area (Å²) in [6.07, 6.45) is -0.328. The molecule has 0 spiro atoms. The van der Waals surface area contributed by atoms with Gasteiger partial charge < -0.3 is 10.4 Å². The quantitative estimate of drug-likeness (QED) is 0.863. The van der Waals surface area contributed by atoms with E-state index in [2.05, 4.69) is 15.6 Å². The van der Waals surface area contributed by atoms with Crippen LogP contribution in [-0.2, 0) is 13.1 Å². The van der Waals surface area contributed by atoms with Crippen LogP contribution < -0.4 is 5.32 Å². The fraction of sp³-hybridized carbons (Fsp3) is 0.833. The lowest BCUT2D eigenvalue weighted by Crippen LogP contribution is -2.45. The van der Waals surface area contributed by atoms with Crippen LogP contribution in [0.3, 0.4) is 0 Å². The van der Waals surface area contributed by atoms with Crippen LogP contribution in [0.5, 0.6) is 0 Å². The molecule has 0 aliphatic heterocycles. The number of aliphatic hydroxyl groups excluding tert-OH is 1. The van der Waals surface area contributed by atoms with Gasteiger partial charge in [0.05, 0.1) is 24.8 Å². The minimum atomic E-state index is -4.15. The van der Waals surface area contributed by atoms with Gasteiger partial charge in [0.1, 0.15) is 0 Å². The highest BCUT2D eigenvalue weighted by Crippen LogP contribution is 2.37. The molecular formula is C12H19F3N4O. The Morgan fingerprint density at radius 3 is 2.80 bits per heavy atom. The number of rotatable bonds is 5. The molecule has 0 bridgehead atoms. The molecule has 1 aliphatic rings. The Labute approximate surface area is 115 Å². The molecule has 2 rings (SSSR count). The van der Waals surface area contributed by atoms with E-state index in [4.69, 9.17) is 5.11 Å². The van der Waals surface area contributed by atoms with Crippen LogP contribution >= 0.6 is 0 Å². The van der Waals surface area contributed by atoms with Crippen LogP contribution in [0.25, 0.3) is 0 Å². The first kappa shape index (κ1) is 15.2. The van der Waals surface area contributed by atoms with Gasteiger partial charge in [-0.2, -0.15) is 13.2 Å². The summed E-state index contributed by atoms with van der Waals surface area (Å²) < 4.78 is 40.2. The molecule has 0 radical (unpaired) electrons. The lowest BCUT2D eigenvalue weighted by Gasteiger charge is -2.33. The summed E-state index contributed by atoms with van der Waals surface area (Å²) >= 11 is 0. The minimum Gasteiger partial charge on any atom is -0.394 e. The lowest BCUT2D eigenvalue weighted by molar-refractivity contribution is -0.189. The molecule has 0 aromatic carbocycles. The van der Waals surface area contributed by atoms with Gasteiger partial charge in [0, 0.05) is 18.8 Å². The van der Waals surface area contributed by atoms with Crippen LogP contribution in [0.4, 0.5) is 13.2 Å². The van der Waals surface area contributed by atoms with Crippen LogP contribution in [-0.4, -0.2) is 38.9 Å². The predicted octanol–water partition coefficient (Wildman–Crippen LogP) is 1.48. The summed E-state index contributed by atoms with van der Waals surface area (Å²) in [5, 5.41) is 19.4. The Morgan fingerprint density at radius 2 is 2.10 bits per heavy atom. The van der Waals surface area contributed by atoms with E-state index in [0.717, 1.165) is 6.42 Å². The second-order valence-corrected chi connectivity index (χ2v) is 5.12. The summed E-state index contributed by atoms with van der Waals surface area (Å²) in [6, 6.07) is -0.549. The van der Waals surface area contributed by atoms with Gasteiger partial charge in [0.2, 0.25) is 0 Å². The maximum Gasteiger partial charge on any atom is 0.393 e. The highest BCUT2D eigenvalue weighted by molar-refractivity contribution is 4.94. The van der Waals surface area contributed by atoms with Crippen molar-refractivity contribution >= 4 is 0 Å². The lowest BCUT2D eigenvalue weighted by atomic mass is 9.84. The predicted molar refractivity (Wildman–Crippen MR) is 65.7 cm³/mol. The molecule has 2 N–H and O–H groups in total. The first-order valence-electron chi connectivity index (χ1n) is 6.80. The molecule has 0 amide bonds. The molecule has 0 saturated heterocycles. The zero-order chi connectivity index (χ0) is 14.6. The molecule has 1 fully saturated rings. The van der Waals surface area contributed by atoms with Gasteiger partial charge in [-0.25, -0.2) is 4.68 Å². The Kier molecular flexibility index (Phi) is 4.98. The number of aromatic nitrogens is 3. The van der Waals surface area contributed by atoms with Crippen molar-refractivity contribution in [1.82, 2.24) is 20.3 Å². The van der Waals surface area contributed by atoms with E-state index in [9.17, 15) is 13.2 Å². The summed E-state index contributed by atoms with van der Waals surface area (Å²) in [6.45, 7) is 0.555. The maximum absolute atomic E-state index is 12.9. The molecule has 20 heavy (non-hydrogen) atoms. The largest absolute Gasteiger partial charge is 0.394 e. The number of aliphatic hydroxyl groups is 1. The Bertz CT molecular complexity index is 421. The Balaban J connectivity index is 1.90. The summed E-state index contributed by atoms with van der Waals surface area (Å²) in [7, 11) is 0. The van der Waals surface area contributed by atoms with Crippen LogP contribution in [0, 0.1) is 5.92 Å². The number of alkyl halides is 3. The van der Waals surface area contributed by atoms with Gasteiger partial charge >= 0.3 is 6.18 Å². The van der Waals surface area contributed by atoms with Crippen LogP contribution in [0.2, 0.25) is 0 Å². The van der Waals surface area contributed by atoms with Crippen LogP contribution in [0.15, 0.2) is 6.20 Å². The topological polar surface area (TPSA) is 63.0 Å². The maximum atomic E-state index is 12.9. The first-order chi connectivity index (χ1) is 9.50. The molecule has 1 aromatic rings. The van der Waals surface area contributed by atoms with Gasteiger partial charge in [-0.1, -0.05) is 18.1 Å². The minimum absolute atomic E-state index is 0.0466. The number of hydrogen-bond donors (Lipinski definition) is 2. The highest BCUT2D eigenvalue weighted by Gasteiger charge is 2.45. The normalized spacial score (nSPS) is 24.0. The van der Waals surface area contributed by atoms with Gasteiger partial charge in [-0.3, -0.25) is 0 Å². The third kappa shape index (κ3) is 3.92. The van der Waals surface area contributed by atoms with Crippen molar-refractivity contribution in [1.29, 1.82) is 0 Å². The molecule has 114 valence electrons. The van der Waals surface area contributed by atoms with E-state index in [0.29, 0.717) is 25.1 Å². The zero-order valence-corrected chi connectivity index (χ0v) is 11.1. The van der Waals surface area contributed by atoms with Crippen molar-refractivity contribution in [2.75, 3.05) is 6.61 Å². The number of nitrogens with one attached hydrogen (secondary N) is 1. The fourth-order valence-corrected chi connectivity index (χ4v) is 2.63. The zero-order valence-electron chi connectivity index (χ0n) is 11.1. The van der Waals surface area contributed by atoms with Crippen molar-refractivity contribution in [3.8, 4) is 0 Å². The first-order valence-corrected chi connectivity index (χ1v) is 6.80. The van der Waals surface area contributed by atoms with Crippen molar-refractivity contribution < 1.29 is 18.3 Å².